The van der Waals surface area contributed by atoms with E-state index in [9.17, 15) is 14.4 Å². The van der Waals surface area contributed by atoms with Gasteiger partial charge in [-0.15, -0.1) is 11.8 Å². The molecule has 2 atom stereocenters. The Morgan fingerprint density at radius 2 is 1.93 bits per heavy atom. The summed E-state index contributed by atoms with van der Waals surface area (Å²) in [5.74, 6) is -1.02. The molecular formula is C20H26N2O4S. The van der Waals surface area contributed by atoms with E-state index in [1.165, 1.54) is 24.6 Å². The Balaban J connectivity index is 1.48. The van der Waals surface area contributed by atoms with Crippen molar-refractivity contribution in [1.82, 2.24) is 5.32 Å². The Kier molecular flexibility index (Phi) is 6.77. The van der Waals surface area contributed by atoms with Crippen molar-refractivity contribution >= 4 is 35.2 Å². The number of fused-ring (bicyclic) bond motifs is 1. The van der Waals surface area contributed by atoms with Gasteiger partial charge < -0.3 is 15.4 Å². The van der Waals surface area contributed by atoms with Crippen LogP contribution < -0.4 is 10.6 Å². The number of nitrogens with one attached hydrogen (secondary N) is 2. The molecule has 0 bridgehead atoms. The molecule has 2 aliphatic rings. The fourth-order valence-corrected chi connectivity index (χ4v) is 4.51. The molecule has 0 saturated heterocycles. The van der Waals surface area contributed by atoms with Crippen LogP contribution in [0, 0.1) is 0 Å². The van der Waals surface area contributed by atoms with Crippen molar-refractivity contribution in [2.45, 2.75) is 74.2 Å². The number of esters is 1. The minimum atomic E-state index is -0.857. The lowest BCUT2D eigenvalue weighted by atomic mass is 10.1. The number of rotatable bonds is 5. The lowest BCUT2D eigenvalue weighted by Crippen LogP contribution is -2.42. The minimum Gasteiger partial charge on any atom is -0.453 e. The zero-order valence-electron chi connectivity index (χ0n) is 15.5. The van der Waals surface area contributed by atoms with E-state index >= 15 is 0 Å². The molecule has 0 unspecified atom stereocenters. The van der Waals surface area contributed by atoms with Crippen molar-refractivity contribution in [3.05, 3.63) is 24.3 Å². The number of hydrogen-bond donors (Lipinski definition) is 2. The summed E-state index contributed by atoms with van der Waals surface area (Å²) < 4.78 is 5.28. The van der Waals surface area contributed by atoms with Crippen molar-refractivity contribution in [3.63, 3.8) is 0 Å². The molecule has 0 radical (unpaired) electrons. The second-order valence-electron chi connectivity index (χ2n) is 7.13. The molecule has 1 aromatic carbocycles. The van der Waals surface area contributed by atoms with Crippen LogP contribution in [-0.2, 0) is 19.1 Å². The number of thioether (sulfide) groups is 1. The van der Waals surface area contributed by atoms with Gasteiger partial charge >= 0.3 is 5.97 Å². The molecule has 3 rings (SSSR count). The normalized spacial score (nSPS) is 21.4. The summed E-state index contributed by atoms with van der Waals surface area (Å²) in [4.78, 5) is 37.7. The van der Waals surface area contributed by atoms with Gasteiger partial charge in [0.15, 0.2) is 6.10 Å². The molecule has 1 aliphatic carbocycles. The van der Waals surface area contributed by atoms with Gasteiger partial charge in [0.25, 0.3) is 5.91 Å². The third kappa shape index (κ3) is 5.48. The molecule has 2 amide bonds. The van der Waals surface area contributed by atoms with E-state index in [1.807, 2.05) is 24.3 Å². The van der Waals surface area contributed by atoms with Gasteiger partial charge in [-0.25, -0.2) is 0 Å². The molecular weight excluding hydrogens is 364 g/mol. The van der Waals surface area contributed by atoms with Crippen LogP contribution >= 0.6 is 11.8 Å². The van der Waals surface area contributed by atoms with Crippen molar-refractivity contribution in [3.8, 4) is 0 Å². The molecule has 2 N–H and O–H groups in total. The van der Waals surface area contributed by atoms with Crippen molar-refractivity contribution in [2.75, 3.05) is 5.32 Å². The maximum absolute atomic E-state index is 12.3. The second-order valence-corrected chi connectivity index (χ2v) is 8.37. The molecule has 27 heavy (non-hydrogen) atoms. The molecule has 7 heteroatoms. The quantitative estimate of drug-likeness (QED) is 0.595. The Morgan fingerprint density at radius 1 is 1.22 bits per heavy atom. The fourth-order valence-electron chi connectivity index (χ4n) is 3.42. The van der Waals surface area contributed by atoms with Crippen molar-refractivity contribution in [2.24, 2.45) is 0 Å². The van der Waals surface area contributed by atoms with Gasteiger partial charge in [-0.05, 0) is 31.9 Å². The zero-order chi connectivity index (χ0) is 19.2. The van der Waals surface area contributed by atoms with Crippen LogP contribution in [0.25, 0.3) is 0 Å². The Labute approximate surface area is 163 Å². The summed E-state index contributed by atoms with van der Waals surface area (Å²) in [6.45, 7) is 1.58. The highest BCUT2D eigenvalue weighted by Gasteiger charge is 2.30. The number of amides is 2. The largest absolute Gasteiger partial charge is 0.453 e. The Hall–Kier alpha value is -2.02. The molecule has 146 valence electrons. The van der Waals surface area contributed by atoms with E-state index in [-0.39, 0.29) is 24.3 Å². The molecule has 0 aromatic heterocycles. The van der Waals surface area contributed by atoms with Crippen LogP contribution in [0.2, 0.25) is 0 Å². The standard InChI is InChI=1S/C20H26N2O4S/c1-13(19(24)21-14-8-4-2-3-5-9-14)26-18(23)12-17-20(25)22-15-10-6-7-11-16(15)27-17/h6-7,10-11,13-14,17H,2-5,8-9,12H2,1H3,(H,21,24)(H,22,25)/t13-,17+/m1/s1. The molecule has 1 aromatic rings. The molecule has 1 fully saturated rings. The first-order valence-electron chi connectivity index (χ1n) is 9.59. The fraction of sp³-hybridized carbons (Fsp3) is 0.550. The Bertz CT molecular complexity index is 701. The summed E-state index contributed by atoms with van der Waals surface area (Å²) in [5, 5.41) is 5.24. The summed E-state index contributed by atoms with van der Waals surface area (Å²) in [7, 11) is 0. The first-order valence-corrected chi connectivity index (χ1v) is 10.5. The highest BCUT2D eigenvalue weighted by Crippen LogP contribution is 2.36. The average molecular weight is 391 g/mol. The van der Waals surface area contributed by atoms with E-state index in [4.69, 9.17) is 4.74 Å². The number of benzene rings is 1. The SMILES string of the molecule is C[C@@H](OC(=O)C[C@@H]1Sc2ccccc2NC1=O)C(=O)NC1CCCCCC1. The van der Waals surface area contributed by atoms with Crippen LogP contribution in [0.3, 0.4) is 0 Å². The monoisotopic (exact) mass is 390 g/mol. The molecule has 6 nitrogen and oxygen atoms in total. The van der Waals surface area contributed by atoms with Crippen molar-refractivity contribution in [1.29, 1.82) is 0 Å². The van der Waals surface area contributed by atoms with E-state index < -0.39 is 17.3 Å². The van der Waals surface area contributed by atoms with Gasteiger partial charge in [0.1, 0.15) is 0 Å². The first kappa shape index (κ1) is 19.7. The summed E-state index contributed by atoms with van der Waals surface area (Å²) >= 11 is 1.35. The van der Waals surface area contributed by atoms with Gasteiger partial charge in [0.05, 0.1) is 17.4 Å². The highest BCUT2D eigenvalue weighted by molar-refractivity contribution is 8.01. The zero-order valence-corrected chi connectivity index (χ0v) is 16.3. The predicted octanol–water partition coefficient (Wildman–Crippen LogP) is 3.26. The Morgan fingerprint density at radius 3 is 2.67 bits per heavy atom. The van der Waals surface area contributed by atoms with Crippen molar-refractivity contribution < 1.29 is 19.1 Å². The van der Waals surface area contributed by atoms with Crippen LogP contribution in [0.15, 0.2) is 29.2 Å². The number of ether oxygens (including phenoxy) is 1. The molecule has 1 saturated carbocycles. The smallest absolute Gasteiger partial charge is 0.308 e. The third-order valence-electron chi connectivity index (χ3n) is 4.94. The summed E-state index contributed by atoms with van der Waals surface area (Å²) in [6.07, 6.45) is 5.69. The number of anilines is 1. The number of carbonyl (C=O) groups excluding carboxylic acids is 3. The summed E-state index contributed by atoms with van der Waals surface area (Å²) in [5.41, 5.74) is 0.758. The van der Waals surface area contributed by atoms with Crippen LogP contribution in [0.4, 0.5) is 5.69 Å². The highest BCUT2D eigenvalue weighted by atomic mass is 32.2. The van der Waals surface area contributed by atoms with Crippen LogP contribution in [-0.4, -0.2) is 35.2 Å². The van der Waals surface area contributed by atoms with Gasteiger partial charge in [-0.2, -0.15) is 0 Å². The predicted molar refractivity (Wildman–Crippen MR) is 105 cm³/mol. The van der Waals surface area contributed by atoms with E-state index in [1.54, 1.807) is 6.92 Å². The number of carbonyl (C=O) groups is 3. The minimum absolute atomic E-state index is 0.0636. The second kappa shape index (κ2) is 9.26. The average Bonchev–Trinajstić information content (AvgIpc) is 2.91. The third-order valence-corrected chi connectivity index (χ3v) is 6.21. The van der Waals surface area contributed by atoms with E-state index in [0.29, 0.717) is 0 Å². The number of hydrogen-bond acceptors (Lipinski definition) is 5. The topological polar surface area (TPSA) is 84.5 Å². The summed E-state index contributed by atoms with van der Waals surface area (Å²) in [6, 6.07) is 7.63. The van der Waals surface area contributed by atoms with Gasteiger partial charge in [-0.1, -0.05) is 37.8 Å². The number of para-hydroxylation sites is 1. The molecule has 1 aliphatic heterocycles. The maximum atomic E-state index is 12.3. The first-order chi connectivity index (χ1) is 13.0. The van der Waals surface area contributed by atoms with Gasteiger partial charge in [0, 0.05) is 10.9 Å². The van der Waals surface area contributed by atoms with Crippen LogP contribution in [0.5, 0.6) is 0 Å². The van der Waals surface area contributed by atoms with Gasteiger partial charge in [0.2, 0.25) is 5.91 Å². The van der Waals surface area contributed by atoms with Crippen LogP contribution in [0.1, 0.15) is 51.9 Å². The van der Waals surface area contributed by atoms with Gasteiger partial charge in [-0.3, -0.25) is 14.4 Å². The lowest BCUT2D eigenvalue weighted by Gasteiger charge is -2.24. The molecule has 0 spiro atoms. The lowest BCUT2D eigenvalue weighted by molar-refractivity contribution is -0.155. The van der Waals surface area contributed by atoms with E-state index in [0.717, 1.165) is 36.3 Å². The maximum Gasteiger partial charge on any atom is 0.308 e. The molecule has 1 heterocycles. The van der Waals surface area contributed by atoms with E-state index in [2.05, 4.69) is 10.6 Å².